The predicted octanol–water partition coefficient (Wildman–Crippen LogP) is 2.46. The molecule has 2 nitrogen and oxygen atoms in total. The van der Waals surface area contributed by atoms with Crippen molar-refractivity contribution in [3.63, 3.8) is 0 Å². The average Bonchev–Trinajstić information content (AvgIpc) is 2.05. The topological polar surface area (TPSA) is 26.3 Å². The molecule has 0 aromatic heterocycles. The van der Waals surface area contributed by atoms with Crippen molar-refractivity contribution in [3.05, 3.63) is 23.5 Å². The summed E-state index contributed by atoms with van der Waals surface area (Å²) in [6.45, 7) is 6.71. The molecule has 1 aliphatic heterocycles. The molecular weight excluding hydrogens is 164 g/mol. The quantitative estimate of drug-likeness (QED) is 0.624. The highest BCUT2D eigenvalue weighted by atomic mass is 16.5. The molecule has 0 bridgehead atoms. The van der Waals surface area contributed by atoms with Gasteiger partial charge < -0.3 is 9.53 Å². The largest absolute Gasteiger partial charge is 0.493 e. The fraction of sp³-hybridized carbons (Fsp3) is 0.545. The molecule has 0 fully saturated rings. The SMILES string of the molecule is CC1=CC=C(C(C)(C)CC=O)OC1. The van der Waals surface area contributed by atoms with Crippen molar-refractivity contribution in [1.29, 1.82) is 0 Å². The van der Waals surface area contributed by atoms with Crippen molar-refractivity contribution in [2.24, 2.45) is 5.41 Å². The molecule has 0 N–H and O–H groups in total. The second-order valence-electron chi connectivity index (χ2n) is 4.09. The number of aldehydes is 1. The summed E-state index contributed by atoms with van der Waals surface area (Å²) in [7, 11) is 0. The summed E-state index contributed by atoms with van der Waals surface area (Å²) in [5.41, 5.74) is 1.05. The lowest BCUT2D eigenvalue weighted by atomic mass is 9.86. The van der Waals surface area contributed by atoms with E-state index in [-0.39, 0.29) is 5.41 Å². The van der Waals surface area contributed by atoms with Crippen molar-refractivity contribution in [2.75, 3.05) is 6.61 Å². The zero-order valence-corrected chi connectivity index (χ0v) is 8.46. The summed E-state index contributed by atoms with van der Waals surface area (Å²) in [6, 6.07) is 0. The fourth-order valence-electron chi connectivity index (χ4n) is 1.24. The minimum absolute atomic E-state index is 0.168. The van der Waals surface area contributed by atoms with Crippen molar-refractivity contribution in [1.82, 2.24) is 0 Å². The van der Waals surface area contributed by atoms with Gasteiger partial charge in [-0.15, -0.1) is 0 Å². The zero-order chi connectivity index (χ0) is 9.90. The maximum atomic E-state index is 10.4. The molecule has 72 valence electrons. The summed E-state index contributed by atoms with van der Waals surface area (Å²) in [4.78, 5) is 10.4. The lowest BCUT2D eigenvalue weighted by molar-refractivity contribution is -0.109. The van der Waals surface area contributed by atoms with Crippen LogP contribution in [0.1, 0.15) is 27.2 Å². The molecule has 0 aromatic carbocycles. The Kier molecular flexibility index (Phi) is 2.91. The Labute approximate surface area is 79.3 Å². The number of hydrogen-bond acceptors (Lipinski definition) is 2. The third kappa shape index (κ3) is 2.44. The monoisotopic (exact) mass is 180 g/mol. The van der Waals surface area contributed by atoms with Crippen molar-refractivity contribution < 1.29 is 9.53 Å². The first kappa shape index (κ1) is 10.0. The minimum atomic E-state index is -0.168. The van der Waals surface area contributed by atoms with Crippen LogP contribution in [0.4, 0.5) is 0 Å². The number of ether oxygens (including phenoxy) is 1. The highest BCUT2D eigenvalue weighted by Crippen LogP contribution is 2.32. The first-order valence-corrected chi connectivity index (χ1v) is 4.50. The first-order chi connectivity index (χ1) is 6.06. The van der Waals surface area contributed by atoms with Crippen molar-refractivity contribution >= 4 is 6.29 Å². The van der Waals surface area contributed by atoms with Gasteiger partial charge in [0.25, 0.3) is 0 Å². The number of hydrogen-bond donors (Lipinski definition) is 0. The van der Waals surface area contributed by atoms with E-state index in [0.717, 1.165) is 12.0 Å². The molecule has 0 aliphatic carbocycles. The molecule has 0 atom stereocenters. The first-order valence-electron chi connectivity index (χ1n) is 4.50. The molecule has 0 radical (unpaired) electrons. The van der Waals surface area contributed by atoms with Gasteiger partial charge in [-0.1, -0.05) is 19.9 Å². The molecule has 0 unspecified atom stereocenters. The van der Waals surface area contributed by atoms with Gasteiger partial charge in [0.05, 0.1) is 0 Å². The van der Waals surface area contributed by atoms with E-state index in [4.69, 9.17) is 4.74 Å². The van der Waals surface area contributed by atoms with E-state index in [1.54, 1.807) is 0 Å². The Bertz CT molecular complexity index is 259. The molecule has 1 rings (SSSR count). The predicted molar refractivity (Wildman–Crippen MR) is 52.3 cm³/mol. The van der Waals surface area contributed by atoms with Gasteiger partial charge in [-0.2, -0.15) is 0 Å². The molecule has 1 heterocycles. The zero-order valence-electron chi connectivity index (χ0n) is 8.46. The molecule has 1 aliphatic rings. The van der Waals surface area contributed by atoms with Gasteiger partial charge >= 0.3 is 0 Å². The van der Waals surface area contributed by atoms with Crippen LogP contribution in [0.5, 0.6) is 0 Å². The summed E-state index contributed by atoms with van der Waals surface area (Å²) in [5, 5.41) is 0. The molecule has 13 heavy (non-hydrogen) atoms. The highest BCUT2D eigenvalue weighted by molar-refractivity contribution is 5.51. The van der Waals surface area contributed by atoms with Crippen LogP contribution in [0, 0.1) is 5.41 Å². The van der Waals surface area contributed by atoms with Crippen LogP contribution in [0.3, 0.4) is 0 Å². The summed E-state index contributed by atoms with van der Waals surface area (Å²) in [5.74, 6) is 0.908. The maximum Gasteiger partial charge on any atom is 0.120 e. The molecule has 0 saturated heterocycles. The molecule has 0 saturated carbocycles. The number of carbonyl (C=O) groups is 1. The molecule has 0 spiro atoms. The van der Waals surface area contributed by atoms with E-state index >= 15 is 0 Å². The standard InChI is InChI=1S/C11H16O2/c1-9-4-5-10(13-8-9)11(2,3)6-7-12/h4-5,7H,6,8H2,1-3H3. The summed E-state index contributed by atoms with van der Waals surface area (Å²) in [6.07, 6.45) is 5.45. The number of allylic oxidation sites excluding steroid dienone is 3. The smallest absolute Gasteiger partial charge is 0.120 e. The van der Waals surface area contributed by atoms with E-state index in [0.29, 0.717) is 13.0 Å². The van der Waals surface area contributed by atoms with Gasteiger partial charge in [0.15, 0.2) is 0 Å². The van der Waals surface area contributed by atoms with Gasteiger partial charge in [-0.25, -0.2) is 0 Å². The van der Waals surface area contributed by atoms with Gasteiger partial charge in [0, 0.05) is 11.8 Å². The van der Waals surface area contributed by atoms with Crippen LogP contribution >= 0.6 is 0 Å². The Morgan fingerprint density at radius 2 is 2.23 bits per heavy atom. The van der Waals surface area contributed by atoms with Crippen LogP contribution in [0.2, 0.25) is 0 Å². The van der Waals surface area contributed by atoms with E-state index in [1.165, 1.54) is 5.57 Å². The molecule has 2 heteroatoms. The lowest BCUT2D eigenvalue weighted by Crippen LogP contribution is -2.19. The van der Waals surface area contributed by atoms with E-state index < -0.39 is 0 Å². The number of carbonyl (C=O) groups excluding carboxylic acids is 1. The molecule has 0 aromatic rings. The Balaban J connectivity index is 2.77. The summed E-state index contributed by atoms with van der Waals surface area (Å²) >= 11 is 0. The van der Waals surface area contributed by atoms with E-state index in [9.17, 15) is 4.79 Å². The normalized spacial score (nSPS) is 17.2. The third-order valence-electron chi connectivity index (χ3n) is 2.24. The van der Waals surface area contributed by atoms with Crippen molar-refractivity contribution in [2.45, 2.75) is 27.2 Å². The third-order valence-corrected chi connectivity index (χ3v) is 2.24. The Morgan fingerprint density at radius 1 is 1.54 bits per heavy atom. The van der Waals surface area contributed by atoms with Gasteiger partial charge in [-0.3, -0.25) is 0 Å². The van der Waals surface area contributed by atoms with Crippen LogP contribution in [-0.2, 0) is 9.53 Å². The second-order valence-corrected chi connectivity index (χ2v) is 4.09. The second kappa shape index (κ2) is 3.77. The van der Waals surface area contributed by atoms with Crippen LogP contribution in [0.15, 0.2) is 23.5 Å². The highest BCUT2D eigenvalue weighted by Gasteiger charge is 2.25. The summed E-state index contributed by atoms with van der Waals surface area (Å²) < 4.78 is 5.54. The molecule has 0 amide bonds. The van der Waals surface area contributed by atoms with Gasteiger partial charge in [-0.05, 0) is 18.6 Å². The Hall–Kier alpha value is -1.05. The molecular formula is C11H16O2. The van der Waals surface area contributed by atoms with Crippen LogP contribution < -0.4 is 0 Å². The fourth-order valence-corrected chi connectivity index (χ4v) is 1.24. The van der Waals surface area contributed by atoms with Crippen molar-refractivity contribution in [3.8, 4) is 0 Å². The van der Waals surface area contributed by atoms with Gasteiger partial charge in [0.2, 0.25) is 0 Å². The van der Waals surface area contributed by atoms with E-state index in [2.05, 4.69) is 0 Å². The van der Waals surface area contributed by atoms with Crippen LogP contribution in [-0.4, -0.2) is 12.9 Å². The Morgan fingerprint density at radius 3 is 2.69 bits per heavy atom. The van der Waals surface area contributed by atoms with Crippen LogP contribution in [0.25, 0.3) is 0 Å². The minimum Gasteiger partial charge on any atom is -0.493 e. The average molecular weight is 180 g/mol. The maximum absolute atomic E-state index is 10.4. The lowest BCUT2D eigenvalue weighted by Gasteiger charge is -2.27. The van der Waals surface area contributed by atoms with Gasteiger partial charge in [0.1, 0.15) is 18.7 Å². The number of rotatable bonds is 3. The van der Waals surface area contributed by atoms with E-state index in [1.807, 2.05) is 32.9 Å².